The second-order valence-electron chi connectivity index (χ2n) is 6.41. The maximum Gasteiger partial charge on any atom is 0.346 e. The maximum absolute atomic E-state index is 12.4. The largest absolute Gasteiger partial charge is 0.464 e. The van der Waals surface area contributed by atoms with Crippen molar-refractivity contribution in [3.8, 4) is 5.95 Å². The lowest BCUT2D eigenvalue weighted by atomic mass is 10.1. The van der Waals surface area contributed by atoms with Crippen molar-refractivity contribution in [1.29, 1.82) is 0 Å². The molecule has 5 N–H and O–H groups in total. The molecule has 1 amide bonds. The number of halogens is 1. The zero-order valence-electron chi connectivity index (χ0n) is 16.0. The number of anilines is 1. The molecule has 0 saturated heterocycles. The number of hydrogen-bond donors (Lipinski definition) is 3. The molecule has 0 saturated carbocycles. The number of hydrogen-bond acceptors (Lipinski definition) is 5. The number of amidine groups is 1. The van der Waals surface area contributed by atoms with Crippen molar-refractivity contribution in [3.63, 3.8) is 0 Å². The number of thioether (sulfide) groups is 1. The smallest absolute Gasteiger partial charge is 0.346 e. The van der Waals surface area contributed by atoms with Crippen LogP contribution in [0.4, 0.5) is 5.69 Å². The normalized spacial score (nSPS) is 10.7. The SMILES string of the molecule is NC(=[NH2+])SCCCOc1oc(=O)c2cc(NC(=O)Cc3ccccc3)ccc2c1Cl. The Balaban J connectivity index is 1.70. The van der Waals surface area contributed by atoms with Gasteiger partial charge >= 0.3 is 11.6 Å². The van der Waals surface area contributed by atoms with E-state index in [2.05, 4.69) is 5.32 Å². The van der Waals surface area contributed by atoms with Gasteiger partial charge in [0.15, 0.2) is 0 Å². The molecule has 0 fully saturated rings. The molecule has 1 aromatic heterocycles. The Morgan fingerprint density at radius 2 is 1.97 bits per heavy atom. The summed E-state index contributed by atoms with van der Waals surface area (Å²) in [5, 5.41) is 9.39. The van der Waals surface area contributed by atoms with Crippen LogP contribution in [-0.2, 0) is 11.2 Å². The fourth-order valence-corrected chi connectivity index (χ4v) is 3.53. The van der Waals surface area contributed by atoms with Crippen LogP contribution >= 0.6 is 23.4 Å². The summed E-state index contributed by atoms with van der Waals surface area (Å²) in [6.07, 6.45) is 0.875. The lowest BCUT2D eigenvalue weighted by Gasteiger charge is -2.10. The molecule has 0 unspecified atom stereocenters. The molecule has 9 heteroatoms. The molecular formula is C21H21ClN3O4S+. The molecule has 1 heterocycles. The minimum atomic E-state index is -0.600. The molecular weight excluding hydrogens is 426 g/mol. The Morgan fingerprint density at radius 3 is 2.70 bits per heavy atom. The third kappa shape index (κ3) is 5.77. The first kappa shape index (κ1) is 21.7. The first-order chi connectivity index (χ1) is 14.4. The van der Waals surface area contributed by atoms with Gasteiger partial charge in [-0.3, -0.25) is 15.9 Å². The van der Waals surface area contributed by atoms with E-state index in [9.17, 15) is 9.59 Å². The Bertz CT molecular complexity index is 1120. The predicted molar refractivity (Wildman–Crippen MR) is 120 cm³/mol. The summed E-state index contributed by atoms with van der Waals surface area (Å²) in [5.74, 6) is 0.443. The summed E-state index contributed by atoms with van der Waals surface area (Å²) in [7, 11) is 0. The zero-order chi connectivity index (χ0) is 21.5. The molecule has 2 aromatic carbocycles. The van der Waals surface area contributed by atoms with Gasteiger partial charge in [-0.05, 0) is 35.9 Å². The summed E-state index contributed by atoms with van der Waals surface area (Å²) in [6, 6.07) is 14.2. The van der Waals surface area contributed by atoms with Gasteiger partial charge in [0.1, 0.15) is 5.02 Å². The van der Waals surface area contributed by atoms with Crippen LogP contribution in [0.25, 0.3) is 10.8 Å². The van der Waals surface area contributed by atoms with Crippen LogP contribution in [0.15, 0.2) is 57.7 Å². The number of rotatable bonds is 8. The van der Waals surface area contributed by atoms with Crippen LogP contribution in [0, 0.1) is 0 Å². The lowest BCUT2D eigenvalue weighted by Crippen LogP contribution is -2.43. The topological polar surface area (TPSA) is 120 Å². The van der Waals surface area contributed by atoms with Crippen LogP contribution in [0.2, 0.25) is 5.02 Å². The first-order valence-corrected chi connectivity index (χ1v) is 10.5. The van der Waals surface area contributed by atoms with E-state index in [0.717, 1.165) is 5.56 Å². The molecule has 0 aliphatic carbocycles. The third-order valence-corrected chi connectivity index (χ3v) is 5.31. The van der Waals surface area contributed by atoms with Gasteiger partial charge in [0.2, 0.25) is 5.91 Å². The van der Waals surface area contributed by atoms with E-state index in [1.54, 1.807) is 12.1 Å². The van der Waals surface area contributed by atoms with Gasteiger partial charge in [-0.15, -0.1) is 0 Å². The molecule has 30 heavy (non-hydrogen) atoms. The molecule has 0 spiro atoms. The quantitative estimate of drug-likeness (QED) is 0.277. The van der Waals surface area contributed by atoms with Crippen LogP contribution in [-0.4, -0.2) is 23.4 Å². The molecule has 0 aliphatic rings. The number of nitrogens with two attached hydrogens (primary N) is 2. The number of carbonyl (C=O) groups excluding carboxylic acids is 1. The van der Waals surface area contributed by atoms with Crippen molar-refractivity contribution in [1.82, 2.24) is 0 Å². The van der Waals surface area contributed by atoms with Gasteiger partial charge in [0, 0.05) is 16.8 Å². The van der Waals surface area contributed by atoms with Crippen molar-refractivity contribution in [2.45, 2.75) is 12.8 Å². The van der Waals surface area contributed by atoms with Gasteiger partial charge in [0.25, 0.3) is 5.17 Å². The second kappa shape index (κ2) is 10.2. The Hall–Kier alpha value is -2.97. The van der Waals surface area contributed by atoms with Gasteiger partial charge in [0.05, 0.1) is 18.4 Å². The predicted octanol–water partition coefficient (Wildman–Crippen LogP) is 2.20. The summed E-state index contributed by atoms with van der Waals surface area (Å²) in [4.78, 5) is 24.7. The zero-order valence-corrected chi connectivity index (χ0v) is 17.6. The molecule has 3 rings (SSSR count). The highest BCUT2D eigenvalue weighted by molar-refractivity contribution is 8.13. The lowest BCUT2D eigenvalue weighted by molar-refractivity contribution is -0.115. The third-order valence-electron chi connectivity index (χ3n) is 4.12. The number of fused-ring (bicyclic) bond motifs is 1. The standard InChI is InChI=1S/C21H20ClN3O4S/c22-18-15-8-7-14(25-17(26)11-13-5-2-1-3-6-13)12-16(15)19(27)29-20(18)28-9-4-10-30-21(23)24/h1-3,5-8,12H,4,9-11H2,(H3,23,24)(H,25,26)/p+1. The Morgan fingerprint density at radius 1 is 1.20 bits per heavy atom. The van der Waals surface area contributed by atoms with E-state index < -0.39 is 5.63 Å². The molecule has 0 aliphatic heterocycles. The van der Waals surface area contributed by atoms with Gasteiger partial charge < -0.3 is 14.5 Å². The summed E-state index contributed by atoms with van der Waals surface area (Å²) >= 11 is 7.66. The monoisotopic (exact) mass is 446 g/mol. The van der Waals surface area contributed by atoms with Crippen LogP contribution in [0.5, 0.6) is 5.95 Å². The maximum atomic E-state index is 12.4. The van der Waals surface area contributed by atoms with Crippen LogP contribution in [0.1, 0.15) is 12.0 Å². The van der Waals surface area contributed by atoms with Crippen LogP contribution in [0.3, 0.4) is 0 Å². The molecule has 156 valence electrons. The number of benzene rings is 2. The van der Waals surface area contributed by atoms with E-state index in [1.807, 2.05) is 30.3 Å². The highest BCUT2D eigenvalue weighted by atomic mass is 35.5. The number of nitrogens with one attached hydrogen (secondary N) is 1. The number of ether oxygens (including phenoxy) is 1. The molecule has 7 nitrogen and oxygen atoms in total. The summed E-state index contributed by atoms with van der Waals surface area (Å²) in [6.45, 7) is 0.294. The second-order valence-corrected chi connectivity index (χ2v) is 7.96. The van der Waals surface area contributed by atoms with Gasteiger partial charge in [-0.25, -0.2) is 4.79 Å². The molecule has 3 aromatic rings. The van der Waals surface area contributed by atoms with Gasteiger partial charge in [-0.2, -0.15) is 0 Å². The number of amides is 1. The van der Waals surface area contributed by atoms with Crippen LogP contribution < -0.4 is 26.8 Å². The highest BCUT2D eigenvalue weighted by Crippen LogP contribution is 2.32. The average molecular weight is 447 g/mol. The summed E-state index contributed by atoms with van der Waals surface area (Å²) in [5.41, 5.74) is 6.16. The minimum Gasteiger partial charge on any atom is -0.464 e. The minimum absolute atomic E-state index is 0.0373. The van der Waals surface area contributed by atoms with E-state index >= 15 is 0 Å². The molecule has 0 radical (unpaired) electrons. The van der Waals surface area contributed by atoms with Gasteiger partial charge in [-0.1, -0.05) is 48.0 Å². The van der Waals surface area contributed by atoms with E-state index in [4.69, 9.17) is 31.9 Å². The van der Waals surface area contributed by atoms with E-state index in [-0.39, 0.29) is 33.9 Å². The first-order valence-electron chi connectivity index (χ1n) is 9.17. The Kier molecular flexibility index (Phi) is 7.37. The van der Waals surface area contributed by atoms with E-state index in [1.165, 1.54) is 17.8 Å². The van der Waals surface area contributed by atoms with E-state index in [0.29, 0.717) is 29.9 Å². The molecule has 0 atom stereocenters. The molecule has 0 bridgehead atoms. The summed E-state index contributed by atoms with van der Waals surface area (Å²) < 4.78 is 10.7. The van der Waals surface area contributed by atoms with Crippen molar-refractivity contribution >= 4 is 50.9 Å². The number of carbonyl (C=O) groups is 1. The van der Waals surface area contributed by atoms with Crippen molar-refractivity contribution in [2.24, 2.45) is 5.73 Å². The highest BCUT2D eigenvalue weighted by Gasteiger charge is 2.15. The average Bonchev–Trinajstić information content (AvgIpc) is 2.71. The van der Waals surface area contributed by atoms with Crippen molar-refractivity contribution in [3.05, 3.63) is 69.5 Å². The fraction of sp³-hybridized carbons (Fsp3) is 0.190. The van der Waals surface area contributed by atoms with Crippen molar-refractivity contribution in [2.75, 3.05) is 17.7 Å². The van der Waals surface area contributed by atoms with Crippen molar-refractivity contribution < 1.29 is 19.4 Å². The fourth-order valence-electron chi connectivity index (χ4n) is 2.77. The Labute approximate surface area is 182 Å².